The molecule has 2 aromatic rings. The van der Waals surface area contributed by atoms with E-state index < -0.39 is 0 Å². The Morgan fingerprint density at radius 3 is 1.82 bits per heavy atom. The number of allylic oxidation sites excluding steroid dienone is 4. The highest BCUT2D eigenvalue weighted by Gasteiger charge is 2.43. The Kier molecular flexibility index (Phi) is 24.3. The van der Waals surface area contributed by atoms with E-state index in [1.165, 1.54) is 33.9 Å². The van der Waals surface area contributed by atoms with Gasteiger partial charge in [0.15, 0.2) is 5.71 Å². The normalized spacial score (nSPS) is 15.6. The van der Waals surface area contributed by atoms with Gasteiger partial charge in [0, 0.05) is 65.5 Å². The van der Waals surface area contributed by atoms with Crippen LogP contribution in [-0.2, 0) is 48.8 Å². The molecule has 15 heteroatoms. The number of unbranched alkanes of at least 4 members (excludes halogenated alkanes) is 2. The summed E-state index contributed by atoms with van der Waals surface area (Å²) in [6, 6.07) is 17.4. The molecule has 0 atom stereocenters. The van der Waals surface area contributed by atoms with Crippen molar-refractivity contribution in [2.24, 2.45) is 5.11 Å². The number of nitrogens with one attached hydrogen (secondary N) is 1. The fourth-order valence-electron chi connectivity index (χ4n) is 7.57. The van der Waals surface area contributed by atoms with Gasteiger partial charge in [-0.3, -0.25) is 4.79 Å². The van der Waals surface area contributed by atoms with Gasteiger partial charge in [-0.05, 0) is 49.9 Å². The summed E-state index contributed by atoms with van der Waals surface area (Å²) >= 11 is 0. The predicted octanol–water partition coefficient (Wildman–Crippen LogP) is 4.04. The van der Waals surface area contributed by atoms with Crippen molar-refractivity contribution < 1.29 is 54.9 Å². The third-order valence-corrected chi connectivity index (χ3v) is 10.7. The molecule has 0 aliphatic carbocycles. The van der Waals surface area contributed by atoms with Crippen molar-refractivity contribution in [3.05, 3.63) is 94.0 Å². The van der Waals surface area contributed by atoms with E-state index >= 15 is 0 Å². The number of carbonyl (C=O) groups is 1. The number of ether oxygens (including phenoxy) is 7. The van der Waals surface area contributed by atoms with Crippen LogP contribution in [0.1, 0.15) is 64.5 Å². The van der Waals surface area contributed by atoms with E-state index in [0.29, 0.717) is 112 Å². The van der Waals surface area contributed by atoms with Gasteiger partial charge in [0.05, 0.1) is 97.9 Å². The molecule has 0 spiro atoms. The van der Waals surface area contributed by atoms with Crippen LogP contribution in [0.4, 0.5) is 11.4 Å². The molecule has 2 aliphatic heterocycles. The van der Waals surface area contributed by atoms with Gasteiger partial charge >= 0.3 is 0 Å². The van der Waals surface area contributed by atoms with Gasteiger partial charge < -0.3 is 55.8 Å². The van der Waals surface area contributed by atoms with Crippen molar-refractivity contribution in [2.45, 2.75) is 64.2 Å². The van der Waals surface area contributed by atoms with Crippen LogP contribution < -0.4 is 22.6 Å². The maximum atomic E-state index is 12.5. The lowest BCUT2D eigenvalue weighted by Crippen LogP contribution is -3.00. The molecule has 2 aromatic carbocycles. The molecular weight excluding hydrogens is 800 g/mol. The molecule has 14 nitrogen and oxygen atoms in total. The number of azide groups is 1. The number of nitrogens with zero attached hydrogens (tertiary/aromatic N) is 5. The number of halogens is 1. The van der Waals surface area contributed by atoms with Crippen LogP contribution >= 0.6 is 0 Å². The average molecular weight is 870 g/mol. The largest absolute Gasteiger partial charge is 1.00 e. The van der Waals surface area contributed by atoms with Crippen LogP contribution in [0.25, 0.3) is 10.4 Å². The van der Waals surface area contributed by atoms with Crippen LogP contribution in [0, 0.1) is 0 Å². The summed E-state index contributed by atoms with van der Waals surface area (Å²) in [5.74, 6) is 0.0609. The zero-order chi connectivity index (χ0) is 42.9. The summed E-state index contributed by atoms with van der Waals surface area (Å²) in [4.78, 5) is 17.6. The van der Waals surface area contributed by atoms with Gasteiger partial charge in [-0.25, -0.2) is 0 Å². The number of rotatable bonds is 32. The van der Waals surface area contributed by atoms with E-state index in [2.05, 4.69) is 126 Å². The molecule has 1 N–H and O–H groups in total. The minimum atomic E-state index is -0.116. The maximum Gasteiger partial charge on any atom is 0.220 e. The van der Waals surface area contributed by atoms with Crippen LogP contribution in [0.2, 0.25) is 0 Å². The highest BCUT2D eigenvalue weighted by atomic mass is 35.5. The van der Waals surface area contributed by atoms with Crippen molar-refractivity contribution in [3.8, 4) is 0 Å². The zero-order valence-corrected chi connectivity index (χ0v) is 37.8. The Bertz CT molecular complexity index is 1750. The molecule has 1 amide bonds. The molecule has 0 radical (unpaired) electrons. The lowest BCUT2D eigenvalue weighted by molar-refractivity contribution is -0.401. The summed E-state index contributed by atoms with van der Waals surface area (Å²) in [6.45, 7) is 17.5. The standard InChI is InChI=1S/C46H68N6O8.ClH/c1-45(2)38-14-8-10-16-40(38)51(5)42(45)18-13-19-43-46(3,4)39-15-9-11-17-41(39)52(43)23-12-6-7-20-44(53)48-21-24-54-26-28-56-30-32-58-34-36-60-37-35-59-33-31-57-29-27-55-25-22-49-50-47;/h8-11,13-19H,6-7,12,20-37H2,1-5H3;1H. The highest BCUT2D eigenvalue weighted by molar-refractivity contribution is 6.03. The number of fused-ring (bicyclic) bond motifs is 2. The number of para-hydroxylation sites is 2. The fraction of sp³-hybridized carbons (Fsp3) is 0.609. The number of hydrogen-bond acceptors (Lipinski definition) is 10. The molecule has 0 saturated carbocycles. The predicted molar refractivity (Wildman–Crippen MR) is 236 cm³/mol. The lowest BCUT2D eigenvalue weighted by atomic mass is 9.81. The van der Waals surface area contributed by atoms with Crippen molar-refractivity contribution in [1.82, 2.24) is 5.32 Å². The van der Waals surface area contributed by atoms with E-state index in [4.69, 9.17) is 38.7 Å². The molecule has 0 saturated heterocycles. The molecule has 2 aliphatic rings. The summed E-state index contributed by atoms with van der Waals surface area (Å²) < 4.78 is 40.6. The van der Waals surface area contributed by atoms with E-state index in [1.807, 2.05) is 0 Å². The van der Waals surface area contributed by atoms with Crippen LogP contribution in [0.3, 0.4) is 0 Å². The fourth-order valence-corrected chi connectivity index (χ4v) is 7.57. The third-order valence-electron chi connectivity index (χ3n) is 10.7. The summed E-state index contributed by atoms with van der Waals surface area (Å²) in [6.07, 6.45) is 10.1. The van der Waals surface area contributed by atoms with Crippen LogP contribution in [0.15, 0.2) is 77.6 Å². The number of hydrogen-bond donors (Lipinski definition) is 1. The van der Waals surface area contributed by atoms with Crippen molar-refractivity contribution in [3.63, 3.8) is 0 Å². The summed E-state index contributed by atoms with van der Waals surface area (Å²) in [5, 5.41) is 6.36. The minimum absolute atomic E-state index is 0. The van der Waals surface area contributed by atoms with Gasteiger partial charge in [0.25, 0.3) is 0 Å². The van der Waals surface area contributed by atoms with Crippen LogP contribution in [-0.4, -0.2) is 135 Å². The molecule has 0 bridgehead atoms. The first kappa shape index (κ1) is 51.5. The molecule has 0 fully saturated rings. The van der Waals surface area contributed by atoms with Crippen molar-refractivity contribution >= 4 is 23.0 Å². The topological polar surface area (TPSA) is 149 Å². The molecule has 61 heavy (non-hydrogen) atoms. The Labute approximate surface area is 369 Å². The molecule has 338 valence electrons. The Hall–Kier alpha value is -3.82. The summed E-state index contributed by atoms with van der Waals surface area (Å²) in [5.41, 5.74) is 15.8. The van der Waals surface area contributed by atoms with E-state index in [0.717, 1.165) is 25.8 Å². The quantitative estimate of drug-likeness (QED) is 0.0379. The van der Waals surface area contributed by atoms with Gasteiger partial charge in [-0.2, -0.15) is 4.58 Å². The molecular formula is C46H69ClN6O8. The number of carbonyl (C=O) groups excluding carboxylic acids is 1. The van der Waals surface area contributed by atoms with E-state index in [-0.39, 0.29) is 29.1 Å². The molecule has 4 rings (SSSR count). The van der Waals surface area contributed by atoms with E-state index in [9.17, 15) is 4.79 Å². The highest BCUT2D eigenvalue weighted by Crippen LogP contribution is 2.48. The van der Waals surface area contributed by atoms with Crippen LogP contribution in [0.5, 0.6) is 0 Å². The Balaban J connectivity index is 0.00000992. The van der Waals surface area contributed by atoms with Gasteiger partial charge in [0.1, 0.15) is 7.05 Å². The smallest absolute Gasteiger partial charge is 0.220 e. The number of anilines is 1. The Morgan fingerprint density at radius 2 is 1.25 bits per heavy atom. The zero-order valence-electron chi connectivity index (χ0n) is 37.1. The first-order valence-electron chi connectivity index (χ1n) is 21.5. The van der Waals surface area contributed by atoms with E-state index in [1.54, 1.807) is 0 Å². The number of benzene rings is 2. The molecule has 2 heterocycles. The third kappa shape index (κ3) is 16.8. The van der Waals surface area contributed by atoms with Crippen molar-refractivity contribution in [2.75, 3.05) is 124 Å². The number of amides is 1. The maximum absolute atomic E-state index is 12.5. The van der Waals surface area contributed by atoms with Gasteiger partial charge in [0.2, 0.25) is 11.6 Å². The Morgan fingerprint density at radius 1 is 0.721 bits per heavy atom. The molecule has 0 unspecified atom stereocenters. The second-order valence-electron chi connectivity index (χ2n) is 15.7. The second-order valence-corrected chi connectivity index (χ2v) is 15.7. The summed E-state index contributed by atoms with van der Waals surface area (Å²) in [7, 11) is 2.16. The SMILES string of the molecule is C[N+]1=C(/C=C/C=C2\N(CCCCCC(=O)NCCOCCOCCOCCOCCOCCOCCOCCN=[N+]=[N-])c3ccccc3C2(C)C)C(C)(C)c2ccccc21.[Cl-]. The molecule has 0 aromatic heterocycles. The van der Waals surface area contributed by atoms with Gasteiger partial charge in [-0.1, -0.05) is 67.9 Å². The average Bonchev–Trinajstić information content (AvgIpc) is 3.58. The van der Waals surface area contributed by atoms with Crippen molar-refractivity contribution in [1.29, 1.82) is 0 Å². The second kappa shape index (κ2) is 28.7. The minimum Gasteiger partial charge on any atom is -1.00 e. The first-order chi connectivity index (χ1) is 29.2. The first-order valence-corrected chi connectivity index (χ1v) is 21.5. The lowest BCUT2D eigenvalue weighted by Gasteiger charge is -2.27. The van der Waals surface area contributed by atoms with Gasteiger partial charge in [-0.15, -0.1) is 0 Å². The monoisotopic (exact) mass is 868 g/mol.